The van der Waals surface area contributed by atoms with E-state index in [1.54, 1.807) is 0 Å². The third kappa shape index (κ3) is 2.24. The molecule has 0 saturated carbocycles. The number of isothiocyanates is 1. The van der Waals surface area contributed by atoms with E-state index < -0.39 is 0 Å². The summed E-state index contributed by atoms with van der Waals surface area (Å²) in [6, 6.07) is 5.48. The Morgan fingerprint density at radius 1 is 1.55 bits per heavy atom. The van der Waals surface area contributed by atoms with Crippen LogP contribution in [0, 0.1) is 3.57 Å². The molecular weight excluding hydrogens is 293 g/mol. The van der Waals surface area contributed by atoms with Gasteiger partial charge in [0, 0.05) is 0 Å². The predicted molar refractivity (Wildman–Crippen MR) is 58.9 cm³/mol. The lowest BCUT2D eigenvalue weighted by atomic mass is 10.3. The minimum absolute atomic E-state index is 0.692. The fraction of sp³-hybridized carbons (Fsp3) is 0. The van der Waals surface area contributed by atoms with Gasteiger partial charge in [-0.15, -0.1) is 0 Å². The molecule has 0 saturated heterocycles. The number of aliphatic imine (C=N–C) groups is 1. The van der Waals surface area contributed by atoms with Crippen LogP contribution in [0.15, 0.2) is 23.2 Å². The van der Waals surface area contributed by atoms with Crippen LogP contribution < -0.4 is 0 Å². The second kappa shape index (κ2) is 4.16. The maximum Gasteiger partial charge on any atom is 0.0888 e. The van der Waals surface area contributed by atoms with Gasteiger partial charge in [-0.05, 0) is 46.9 Å². The summed E-state index contributed by atoms with van der Waals surface area (Å²) in [6.07, 6.45) is 0. The molecule has 1 aromatic carbocycles. The highest BCUT2D eigenvalue weighted by molar-refractivity contribution is 14.1. The van der Waals surface area contributed by atoms with Gasteiger partial charge in [0.25, 0.3) is 0 Å². The van der Waals surface area contributed by atoms with Gasteiger partial charge in [0.1, 0.15) is 0 Å². The number of hydrogen-bond donors (Lipinski definition) is 0. The van der Waals surface area contributed by atoms with E-state index in [9.17, 15) is 0 Å². The van der Waals surface area contributed by atoms with Crippen LogP contribution in [0.1, 0.15) is 0 Å². The zero-order valence-electron chi connectivity index (χ0n) is 5.34. The molecule has 1 rings (SSSR count). The third-order valence-corrected chi connectivity index (χ3v) is 2.96. The van der Waals surface area contributed by atoms with Crippen molar-refractivity contribution in [1.29, 1.82) is 0 Å². The Morgan fingerprint density at radius 3 is 2.91 bits per heavy atom. The lowest BCUT2D eigenvalue weighted by Gasteiger charge is -1.96. The predicted octanol–water partition coefficient (Wildman–Crippen LogP) is 3.68. The van der Waals surface area contributed by atoms with Crippen molar-refractivity contribution < 1.29 is 0 Å². The van der Waals surface area contributed by atoms with Crippen molar-refractivity contribution in [1.82, 2.24) is 0 Å². The fourth-order valence-electron chi connectivity index (χ4n) is 0.628. The van der Waals surface area contributed by atoms with Gasteiger partial charge in [-0.3, -0.25) is 0 Å². The molecule has 0 aliphatic carbocycles. The number of rotatable bonds is 1. The fourth-order valence-corrected chi connectivity index (χ4v) is 1.38. The normalized spacial score (nSPS) is 8.91. The van der Waals surface area contributed by atoms with Crippen LogP contribution in [-0.4, -0.2) is 5.16 Å². The van der Waals surface area contributed by atoms with Crippen LogP contribution in [0.2, 0.25) is 5.02 Å². The lowest BCUT2D eigenvalue weighted by molar-refractivity contribution is 1.51. The van der Waals surface area contributed by atoms with E-state index in [2.05, 4.69) is 45.0 Å². The second-order valence-electron chi connectivity index (χ2n) is 1.78. The van der Waals surface area contributed by atoms with Crippen molar-refractivity contribution in [3.8, 4) is 0 Å². The summed E-state index contributed by atoms with van der Waals surface area (Å²) in [6.45, 7) is 0. The molecule has 0 radical (unpaired) electrons. The van der Waals surface area contributed by atoms with Gasteiger partial charge < -0.3 is 0 Å². The largest absolute Gasteiger partial charge is 0.194 e. The van der Waals surface area contributed by atoms with Crippen molar-refractivity contribution in [2.45, 2.75) is 0 Å². The minimum atomic E-state index is 0.692. The quantitative estimate of drug-likeness (QED) is 0.437. The van der Waals surface area contributed by atoms with E-state index in [0.29, 0.717) is 5.02 Å². The Balaban J connectivity index is 3.26. The Bertz CT molecular complexity index is 320. The van der Waals surface area contributed by atoms with Crippen LogP contribution in [0.5, 0.6) is 0 Å². The smallest absolute Gasteiger partial charge is 0.0888 e. The molecule has 11 heavy (non-hydrogen) atoms. The van der Waals surface area contributed by atoms with E-state index in [4.69, 9.17) is 11.6 Å². The topological polar surface area (TPSA) is 12.4 Å². The molecule has 0 bridgehead atoms. The van der Waals surface area contributed by atoms with Gasteiger partial charge in [0.15, 0.2) is 0 Å². The molecule has 4 heteroatoms. The second-order valence-corrected chi connectivity index (χ2v) is 3.44. The first-order valence-electron chi connectivity index (χ1n) is 2.77. The van der Waals surface area contributed by atoms with Crippen molar-refractivity contribution in [3.63, 3.8) is 0 Å². The number of halogens is 2. The molecule has 0 aromatic heterocycles. The van der Waals surface area contributed by atoms with Crippen molar-refractivity contribution in [2.24, 2.45) is 4.99 Å². The standard InChI is InChI=1S/C7H3ClINS/c8-5-2-1-3-6(7(5)9)10-4-11/h1-3H. The highest BCUT2D eigenvalue weighted by Crippen LogP contribution is 2.27. The molecule has 0 aliphatic rings. The Kier molecular flexibility index (Phi) is 3.45. The number of hydrogen-bond acceptors (Lipinski definition) is 2. The zero-order chi connectivity index (χ0) is 8.27. The lowest BCUT2D eigenvalue weighted by Crippen LogP contribution is -1.73. The highest BCUT2D eigenvalue weighted by Gasteiger charge is 2.00. The van der Waals surface area contributed by atoms with E-state index in [-0.39, 0.29) is 0 Å². The first kappa shape index (κ1) is 9.13. The molecular formula is C7H3ClINS. The minimum Gasteiger partial charge on any atom is -0.194 e. The first-order valence-corrected chi connectivity index (χ1v) is 4.64. The Labute approximate surface area is 88.6 Å². The first-order chi connectivity index (χ1) is 5.25. The van der Waals surface area contributed by atoms with Gasteiger partial charge in [0.05, 0.1) is 19.4 Å². The Morgan fingerprint density at radius 2 is 2.27 bits per heavy atom. The summed E-state index contributed by atoms with van der Waals surface area (Å²) in [4.78, 5) is 3.84. The zero-order valence-corrected chi connectivity index (χ0v) is 9.07. The summed E-state index contributed by atoms with van der Waals surface area (Å²) in [5.41, 5.74) is 0.771. The van der Waals surface area contributed by atoms with E-state index in [1.165, 1.54) is 0 Å². The molecule has 0 unspecified atom stereocenters. The average Bonchev–Trinajstić information content (AvgIpc) is 1.99. The van der Waals surface area contributed by atoms with Crippen LogP contribution >= 0.6 is 46.4 Å². The molecule has 56 valence electrons. The van der Waals surface area contributed by atoms with Crippen molar-refractivity contribution >= 4 is 57.3 Å². The van der Waals surface area contributed by atoms with Gasteiger partial charge in [-0.25, -0.2) is 0 Å². The van der Waals surface area contributed by atoms with Crippen LogP contribution in [0.4, 0.5) is 5.69 Å². The molecule has 0 N–H and O–H groups in total. The molecule has 0 spiro atoms. The Hall–Kier alpha value is 0.0400. The van der Waals surface area contributed by atoms with Gasteiger partial charge in [0.2, 0.25) is 0 Å². The summed E-state index contributed by atoms with van der Waals surface area (Å²) in [5.74, 6) is 0. The van der Waals surface area contributed by atoms with Crippen LogP contribution in [0.25, 0.3) is 0 Å². The SMILES string of the molecule is S=C=Nc1cccc(Cl)c1I. The van der Waals surface area contributed by atoms with Crippen LogP contribution in [0.3, 0.4) is 0 Å². The average molecular weight is 296 g/mol. The molecule has 1 nitrogen and oxygen atoms in total. The maximum atomic E-state index is 5.82. The van der Waals surface area contributed by atoms with Gasteiger partial charge in [-0.2, -0.15) is 4.99 Å². The van der Waals surface area contributed by atoms with Gasteiger partial charge in [-0.1, -0.05) is 17.7 Å². The van der Waals surface area contributed by atoms with Crippen molar-refractivity contribution in [2.75, 3.05) is 0 Å². The summed E-state index contributed by atoms with van der Waals surface area (Å²) < 4.78 is 0.907. The molecule has 0 heterocycles. The number of thiocarbonyl (C=S) groups is 1. The van der Waals surface area contributed by atoms with E-state index >= 15 is 0 Å². The maximum absolute atomic E-state index is 5.82. The van der Waals surface area contributed by atoms with Crippen molar-refractivity contribution in [3.05, 3.63) is 26.8 Å². The number of nitrogens with zero attached hydrogens (tertiary/aromatic N) is 1. The summed E-state index contributed by atoms with van der Waals surface area (Å²) in [7, 11) is 0. The molecule has 0 aliphatic heterocycles. The molecule has 0 fully saturated rings. The third-order valence-electron chi connectivity index (χ3n) is 1.10. The van der Waals surface area contributed by atoms with Crippen LogP contribution in [-0.2, 0) is 0 Å². The van der Waals surface area contributed by atoms with E-state index in [0.717, 1.165) is 9.26 Å². The monoisotopic (exact) mass is 295 g/mol. The molecule has 1 aromatic rings. The molecule has 0 amide bonds. The summed E-state index contributed by atoms with van der Waals surface area (Å²) >= 11 is 12.4. The molecule has 0 atom stereocenters. The highest BCUT2D eigenvalue weighted by atomic mass is 127. The van der Waals surface area contributed by atoms with E-state index in [1.807, 2.05) is 18.2 Å². The summed E-state index contributed by atoms with van der Waals surface area (Å²) in [5, 5.41) is 2.99. The number of benzene rings is 1. The van der Waals surface area contributed by atoms with Gasteiger partial charge >= 0.3 is 0 Å².